The van der Waals surface area contributed by atoms with E-state index in [-0.39, 0.29) is 6.42 Å². The van der Waals surface area contributed by atoms with Crippen LogP contribution in [-0.2, 0) is 11.8 Å². The minimum atomic E-state index is -0.770. The molecule has 1 heterocycles. The molecule has 5 heteroatoms. The number of hydrogen-bond acceptors (Lipinski definition) is 3. The molecule has 2 rings (SSSR count). The van der Waals surface area contributed by atoms with Crippen LogP contribution in [0, 0.1) is 13.8 Å². The molecule has 0 aliphatic rings. The molecule has 0 spiro atoms. The van der Waals surface area contributed by atoms with Crippen molar-refractivity contribution in [3.8, 4) is 0 Å². The molecule has 18 heavy (non-hydrogen) atoms. The highest BCUT2D eigenvalue weighted by molar-refractivity contribution is 7.99. The second-order valence-electron chi connectivity index (χ2n) is 4.37. The van der Waals surface area contributed by atoms with Crippen LogP contribution in [0.5, 0.6) is 0 Å². The van der Waals surface area contributed by atoms with Gasteiger partial charge in [-0.1, -0.05) is 11.8 Å². The molecule has 0 saturated carbocycles. The standard InChI is InChI=1S/C13H16N2O2S/c1-8-6-10-11(7-9(8)2)15(3)13(14-10)18-5-4-12(16)17/h6-7H,4-5H2,1-3H3,(H,16,17). The summed E-state index contributed by atoms with van der Waals surface area (Å²) in [6.07, 6.45) is 0.159. The summed E-state index contributed by atoms with van der Waals surface area (Å²) >= 11 is 1.48. The molecule has 0 radical (unpaired) electrons. The lowest BCUT2D eigenvalue weighted by Gasteiger charge is -2.02. The summed E-state index contributed by atoms with van der Waals surface area (Å²) < 4.78 is 2.02. The van der Waals surface area contributed by atoms with E-state index in [1.54, 1.807) is 0 Å². The molecule has 0 atom stereocenters. The van der Waals surface area contributed by atoms with Crippen molar-refractivity contribution in [3.63, 3.8) is 0 Å². The predicted octanol–water partition coefficient (Wildman–Crippen LogP) is 2.76. The Balaban J connectivity index is 2.29. The Morgan fingerprint density at radius 3 is 2.72 bits per heavy atom. The van der Waals surface area contributed by atoms with Crippen molar-refractivity contribution >= 4 is 28.8 Å². The van der Waals surface area contributed by atoms with Gasteiger partial charge in [0.2, 0.25) is 0 Å². The molecule has 0 aliphatic carbocycles. The summed E-state index contributed by atoms with van der Waals surface area (Å²) in [4.78, 5) is 15.0. The molecule has 1 aromatic carbocycles. The predicted molar refractivity (Wildman–Crippen MR) is 73.2 cm³/mol. The van der Waals surface area contributed by atoms with Gasteiger partial charge in [0, 0.05) is 12.8 Å². The largest absolute Gasteiger partial charge is 0.481 e. The SMILES string of the molecule is Cc1cc2nc(SCCC(=O)O)n(C)c2cc1C. The van der Waals surface area contributed by atoms with Crippen LogP contribution in [0.3, 0.4) is 0 Å². The molecule has 0 fully saturated rings. The first kappa shape index (κ1) is 13.0. The summed E-state index contributed by atoms with van der Waals surface area (Å²) in [6, 6.07) is 4.20. The summed E-state index contributed by atoms with van der Waals surface area (Å²) in [5, 5.41) is 9.50. The zero-order valence-corrected chi connectivity index (χ0v) is 11.5. The highest BCUT2D eigenvalue weighted by Gasteiger charge is 2.10. The molecule has 0 saturated heterocycles. The van der Waals surface area contributed by atoms with Gasteiger partial charge in [0.05, 0.1) is 17.5 Å². The molecular formula is C13H16N2O2S. The molecule has 1 N–H and O–H groups in total. The number of nitrogens with zero attached hydrogens (tertiary/aromatic N) is 2. The minimum absolute atomic E-state index is 0.159. The van der Waals surface area contributed by atoms with Crippen LogP contribution in [0.1, 0.15) is 17.5 Å². The lowest BCUT2D eigenvalue weighted by atomic mass is 10.1. The highest BCUT2D eigenvalue weighted by Crippen LogP contribution is 2.25. The average Bonchev–Trinajstić information content (AvgIpc) is 2.57. The van der Waals surface area contributed by atoms with Gasteiger partial charge in [0.15, 0.2) is 5.16 Å². The Bertz CT molecular complexity index is 605. The van der Waals surface area contributed by atoms with Gasteiger partial charge in [0.1, 0.15) is 0 Å². The van der Waals surface area contributed by atoms with Crippen molar-refractivity contribution in [3.05, 3.63) is 23.3 Å². The van der Waals surface area contributed by atoms with Crippen molar-refractivity contribution in [2.75, 3.05) is 5.75 Å². The van der Waals surface area contributed by atoms with Gasteiger partial charge in [-0.05, 0) is 37.1 Å². The van der Waals surface area contributed by atoms with E-state index in [0.717, 1.165) is 16.2 Å². The maximum Gasteiger partial charge on any atom is 0.304 e. The Morgan fingerprint density at radius 1 is 1.39 bits per heavy atom. The summed E-state index contributed by atoms with van der Waals surface area (Å²) in [6.45, 7) is 4.15. The van der Waals surface area contributed by atoms with Crippen LogP contribution in [0.15, 0.2) is 17.3 Å². The molecule has 0 unspecified atom stereocenters. The maximum atomic E-state index is 10.5. The zero-order valence-electron chi connectivity index (χ0n) is 10.7. The van der Waals surface area contributed by atoms with Gasteiger partial charge < -0.3 is 9.67 Å². The summed E-state index contributed by atoms with van der Waals surface area (Å²) in [5.74, 6) is -0.224. The molecule has 1 aromatic heterocycles. The molecule has 96 valence electrons. The summed E-state index contributed by atoms with van der Waals surface area (Å²) in [5.41, 5.74) is 4.53. The van der Waals surface area contributed by atoms with Gasteiger partial charge >= 0.3 is 5.97 Å². The van der Waals surface area contributed by atoms with Gasteiger partial charge in [-0.3, -0.25) is 4.79 Å². The topological polar surface area (TPSA) is 55.1 Å². The molecule has 0 amide bonds. The maximum absolute atomic E-state index is 10.5. The third-order valence-corrected chi connectivity index (χ3v) is 4.03. The van der Waals surface area contributed by atoms with E-state index < -0.39 is 5.97 Å². The fourth-order valence-corrected chi connectivity index (χ4v) is 2.70. The molecular weight excluding hydrogens is 248 g/mol. The Morgan fingerprint density at radius 2 is 2.06 bits per heavy atom. The number of rotatable bonds is 4. The van der Waals surface area contributed by atoms with E-state index in [9.17, 15) is 4.79 Å². The quantitative estimate of drug-likeness (QED) is 0.863. The number of aromatic nitrogens is 2. The lowest BCUT2D eigenvalue weighted by molar-refractivity contribution is -0.136. The van der Waals surface area contributed by atoms with Gasteiger partial charge in [-0.2, -0.15) is 0 Å². The second-order valence-corrected chi connectivity index (χ2v) is 5.43. The van der Waals surface area contributed by atoms with Crippen LogP contribution in [0.4, 0.5) is 0 Å². The van der Waals surface area contributed by atoms with Crippen molar-refractivity contribution in [2.45, 2.75) is 25.4 Å². The van der Waals surface area contributed by atoms with E-state index in [4.69, 9.17) is 5.11 Å². The zero-order chi connectivity index (χ0) is 13.3. The Hall–Kier alpha value is -1.49. The number of aryl methyl sites for hydroxylation is 3. The molecule has 2 aromatic rings. The Kier molecular flexibility index (Phi) is 3.61. The number of carboxylic acid groups (broad SMARTS) is 1. The van der Waals surface area contributed by atoms with E-state index in [2.05, 4.69) is 31.0 Å². The van der Waals surface area contributed by atoms with Crippen molar-refractivity contribution in [1.82, 2.24) is 9.55 Å². The number of fused-ring (bicyclic) bond motifs is 1. The second kappa shape index (κ2) is 5.02. The number of carbonyl (C=O) groups is 1. The molecule has 0 aliphatic heterocycles. The number of carboxylic acids is 1. The van der Waals surface area contributed by atoms with Crippen LogP contribution in [-0.4, -0.2) is 26.4 Å². The molecule has 4 nitrogen and oxygen atoms in total. The van der Waals surface area contributed by atoms with Crippen LogP contribution in [0.25, 0.3) is 11.0 Å². The third-order valence-electron chi connectivity index (χ3n) is 3.00. The van der Waals surface area contributed by atoms with E-state index in [1.807, 2.05) is 11.6 Å². The van der Waals surface area contributed by atoms with Crippen LogP contribution < -0.4 is 0 Å². The highest BCUT2D eigenvalue weighted by atomic mass is 32.2. The monoisotopic (exact) mass is 264 g/mol. The fraction of sp³-hybridized carbons (Fsp3) is 0.385. The number of thioether (sulfide) groups is 1. The first-order chi connectivity index (χ1) is 8.49. The third kappa shape index (κ3) is 2.51. The van der Waals surface area contributed by atoms with Gasteiger partial charge in [-0.15, -0.1) is 0 Å². The van der Waals surface area contributed by atoms with E-state index in [1.165, 1.54) is 22.9 Å². The van der Waals surface area contributed by atoms with E-state index >= 15 is 0 Å². The number of imidazole rings is 1. The fourth-order valence-electron chi connectivity index (χ4n) is 1.78. The van der Waals surface area contributed by atoms with Crippen LogP contribution in [0.2, 0.25) is 0 Å². The first-order valence-electron chi connectivity index (χ1n) is 5.77. The number of hydrogen-bond donors (Lipinski definition) is 1. The normalized spacial score (nSPS) is 11.1. The molecule has 0 bridgehead atoms. The van der Waals surface area contributed by atoms with Crippen molar-refractivity contribution < 1.29 is 9.90 Å². The number of benzene rings is 1. The summed E-state index contributed by atoms with van der Waals surface area (Å²) in [7, 11) is 1.97. The van der Waals surface area contributed by atoms with Crippen molar-refractivity contribution in [1.29, 1.82) is 0 Å². The van der Waals surface area contributed by atoms with Crippen molar-refractivity contribution in [2.24, 2.45) is 7.05 Å². The average molecular weight is 264 g/mol. The lowest BCUT2D eigenvalue weighted by Crippen LogP contribution is -1.98. The van der Waals surface area contributed by atoms with Gasteiger partial charge in [0.25, 0.3) is 0 Å². The van der Waals surface area contributed by atoms with Gasteiger partial charge in [-0.25, -0.2) is 4.98 Å². The first-order valence-corrected chi connectivity index (χ1v) is 6.76. The smallest absolute Gasteiger partial charge is 0.304 e. The van der Waals surface area contributed by atoms with E-state index in [0.29, 0.717) is 5.75 Å². The Labute approximate surface area is 110 Å². The van der Waals surface area contributed by atoms with Crippen LogP contribution >= 0.6 is 11.8 Å². The number of aliphatic carboxylic acids is 1. The minimum Gasteiger partial charge on any atom is -0.481 e.